The highest BCUT2D eigenvalue weighted by Gasteiger charge is 2.28. The summed E-state index contributed by atoms with van der Waals surface area (Å²) in [7, 11) is -1.81. The van der Waals surface area contributed by atoms with Gasteiger partial charge in [-0.05, 0) is 25.0 Å². The standard InChI is InChI=1S/C15H22N2O2S2/c1-17(13-8-4-2-3-5-9-13)21(18,19)14-10-6-7-12(11-14)15(16)20/h6-7,10-11,13H,2-5,8-9H2,1H3,(H2,16,20). The summed E-state index contributed by atoms with van der Waals surface area (Å²) in [4.78, 5) is 0.476. The van der Waals surface area contributed by atoms with Crippen LogP contribution in [0.1, 0.15) is 44.1 Å². The van der Waals surface area contributed by atoms with Crippen molar-refractivity contribution in [3.8, 4) is 0 Å². The lowest BCUT2D eigenvalue weighted by atomic mass is 10.1. The number of nitrogens with zero attached hydrogens (tertiary/aromatic N) is 1. The van der Waals surface area contributed by atoms with Crippen LogP contribution in [0.5, 0.6) is 0 Å². The van der Waals surface area contributed by atoms with E-state index >= 15 is 0 Å². The van der Waals surface area contributed by atoms with Crippen LogP contribution in [0.4, 0.5) is 0 Å². The van der Waals surface area contributed by atoms with Gasteiger partial charge in [-0.25, -0.2) is 8.42 Å². The molecule has 0 aliphatic heterocycles. The molecular formula is C15H22N2O2S2. The smallest absolute Gasteiger partial charge is 0.243 e. The first-order valence-electron chi connectivity index (χ1n) is 7.31. The second-order valence-corrected chi connectivity index (χ2v) is 8.00. The summed E-state index contributed by atoms with van der Waals surface area (Å²) in [6.07, 6.45) is 6.45. The molecule has 2 N–H and O–H groups in total. The molecule has 21 heavy (non-hydrogen) atoms. The number of sulfonamides is 1. The van der Waals surface area contributed by atoms with Gasteiger partial charge in [0.1, 0.15) is 4.99 Å². The molecule has 1 fully saturated rings. The molecule has 0 aromatic heterocycles. The average molecular weight is 326 g/mol. The van der Waals surface area contributed by atoms with Crippen LogP contribution >= 0.6 is 12.2 Å². The number of thiocarbonyl (C=S) groups is 1. The van der Waals surface area contributed by atoms with E-state index in [0.717, 1.165) is 25.7 Å². The monoisotopic (exact) mass is 326 g/mol. The molecule has 0 atom stereocenters. The SMILES string of the molecule is CN(C1CCCCCC1)S(=O)(=O)c1cccc(C(N)=S)c1. The third-order valence-corrected chi connectivity index (χ3v) is 6.28. The number of nitrogens with two attached hydrogens (primary N) is 1. The summed E-state index contributed by atoms with van der Waals surface area (Å²) in [5.41, 5.74) is 6.17. The lowest BCUT2D eigenvalue weighted by molar-refractivity contribution is 0.335. The minimum Gasteiger partial charge on any atom is -0.389 e. The molecule has 4 nitrogen and oxygen atoms in total. The van der Waals surface area contributed by atoms with Gasteiger partial charge in [0.2, 0.25) is 10.0 Å². The quantitative estimate of drug-likeness (QED) is 0.682. The highest BCUT2D eigenvalue weighted by molar-refractivity contribution is 7.89. The van der Waals surface area contributed by atoms with Crippen molar-refractivity contribution in [1.29, 1.82) is 0 Å². The van der Waals surface area contributed by atoms with Crippen LogP contribution in [-0.2, 0) is 10.0 Å². The zero-order valence-electron chi connectivity index (χ0n) is 12.3. The predicted molar refractivity (Wildman–Crippen MR) is 88.8 cm³/mol. The summed E-state index contributed by atoms with van der Waals surface area (Å²) >= 11 is 4.92. The van der Waals surface area contributed by atoms with Crippen LogP contribution in [0.2, 0.25) is 0 Å². The van der Waals surface area contributed by atoms with Crippen LogP contribution in [0.25, 0.3) is 0 Å². The minimum absolute atomic E-state index is 0.0889. The maximum atomic E-state index is 12.8. The topological polar surface area (TPSA) is 63.4 Å². The lowest BCUT2D eigenvalue weighted by Gasteiger charge is -2.26. The number of hydrogen-bond donors (Lipinski definition) is 1. The fraction of sp³-hybridized carbons (Fsp3) is 0.533. The van der Waals surface area contributed by atoms with Gasteiger partial charge in [0.05, 0.1) is 4.90 Å². The Kier molecular flexibility index (Phi) is 5.35. The van der Waals surface area contributed by atoms with Gasteiger partial charge >= 0.3 is 0 Å². The van der Waals surface area contributed by atoms with E-state index in [1.807, 2.05) is 0 Å². The van der Waals surface area contributed by atoms with E-state index in [1.165, 1.54) is 17.1 Å². The van der Waals surface area contributed by atoms with Crippen LogP contribution in [0.3, 0.4) is 0 Å². The maximum absolute atomic E-state index is 12.8. The van der Waals surface area contributed by atoms with E-state index in [4.69, 9.17) is 18.0 Å². The molecule has 1 aromatic rings. The molecule has 1 aromatic carbocycles. The molecule has 0 spiro atoms. The Morgan fingerprint density at radius 3 is 2.43 bits per heavy atom. The first kappa shape index (κ1) is 16.4. The van der Waals surface area contributed by atoms with E-state index in [1.54, 1.807) is 31.3 Å². The largest absolute Gasteiger partial charge is 0.389 e. The Labute approximate surface area is 132 Å². The molecule has 1 aliphatic carbocycles. The molecule has 1 aliphatic rings. The fourth-order valence-corrected chi connectivity index (χ4v) is 4.38. The van der Waals surface area contributed by atoms with Crippen molar-refractivity contribution in [2.24, 2.45) is 5.73 Å². The molecule has 0 amide bonds. The Hall–Kier alpha value is -0.980. The summed E-state index contributed by atoms with van der Waals surface area (Å²) in [6.45, 7) is 0. The first-order chi connectivity index (χ1) is 9.93. The van der Waals surface area contributed by atoms with Crippen molar-refractivity contribution in [3.63, 3.8) is 0 Å². The van der Waals surface area contributed by atoms with Crippen molar-refractivity contribution in [1.82, 2.24) is 4.31 Å². The van der Waals surface area contributed by atoms with Crippen LogP contribution in [-0.4, -0.2) is 30.8 Å². The van der Waals surface area contributed by atoms with Gasteiger partial charge in [-0.15, -0.1) is 0 Å². The van der Waals surface area contributed by atoms with Gasteiger partial charge in [-0.1, -0.05) is 50.0 Å². The summed E-state index contributed by atoms with van der Waals surface area (Å²) in [5, 5.41) is 0. The van der Waals surface area contributed by atoms with Gasteiger partial charge in [-0.2, -0.15) is 4.31 Å². The Morgan fingerprint density at radius 1 is 1.24 bits per heavy atom. The lowest BCUT2D eigenvalue weighted by Crippen LogP contribution is -2.36. The second-order valence-electron chi connectivity index (χ2n) is 5.56. The maximum Gasteiger partial charge on any atom is 0.243 e. The highest BCUT2D eigenvalue weighted by Crippen LogP contribution is 2.26. The van der Waals surface area contributed by atoms with E-state index in [-0.39, 0.29) is 15.9 Å². The van der Waals surface area contributed by atoms with Crippen molar-refractivity contribution >= 4 is 27.2 Å². The second kappa shape index (κ2) is 6.85. The first-order valence-corrected chi connectivity index (χ1v) is 9.15. The normalized spacial score (nSPS) is 17.6. The number of rotatable bonds is 4. The average Bonchev–Trinajstić information content (AvgIpc) is 2.75. The predicted octanol–water partition coefficient (Wildman–Crippen LogP) is 2.66. The minimum atomic E-state index is -3.49. The molecular weight excluding hydrogens is 304 g/mol. The molecule has 0 saturated heterocycles. The Bertz CT molecular complexity index is 606. The third kappa shape index (κ3) is 3.81. The Morgan fingerprint density at radius 2 is 1.86 bits per heavy atom. The van der Waals surface area contributed by atoms with Gasteiger partial charge in [0, 0.05) is 18.7 Å². The van der Waals surface area contributed by atoms with Crippen molar-refractivity contribution in [2.75, 3.05) is 7.05 Å². The number of hydrogen-bond acceptors (Lipinski definition) is 3. The molecule has 6 heteroatoms. The molecule has 0 heterocycles. The van der Waals surface area contributed by atoms with E-state index in [9.17, 15) is 8.42 Å². The molecule has 116 valence electrons. The van der Waals surface area contributed by atoms with Gasteiger partial charge in [-0.3, -0.25) is 0 Å². The fourth-order valence-electron chi connectivity index (χ4n) is 2.79. The molecule has 0 unspecified atom stereocenters. The highest BCUT2D eigenvalue weighted by atomic mass is 32.2. The van der Waals surface area contributed by atoms with E-state index in [2.05, 4.69) is 0 Å². The van der Waals surface area contributed by atoms with Crippen molar-refractivity contribution in [2.45, 2.75) is 49.5 Å². The van der Waals surface area contributed by atoms with Crippen LogP contribution in [0, 0.1) is 0 Å². The van der Waals surface area contributed by atoms with Gasteiger partial charge in [0.25, 0.3) is 0 Å². The van der Waals surface area contributed by atoms with E-state index in [0.29, 0.717) is 5.56 Å². The summed E-state index contributed by atoms with van der Waals surface area (Å²) in [5.74, 6) is 0. The zero-order valence-corrected chi connectivity index (χ0v) is 13.9. The number of benzene rings is 1. The molecule has 2 rings (SSSR count). The van der Waals surface area contributed by atoms with Crippen LogP contribution < -0.4 is 5.73 Å². The summed E-state index contributed by atoms with van der Waals surface area (Å²) < 4.78 is 27.0. The van der Waals surface area contributed by atoms with E-state index < -0.39 is 10.0 Å². The molecule has 0 bridgehead atoms. The van der Waals surface area contributed by atoms with Gasteiger partial charge < -0.3 is 5.73 Å². The van der Waals surface area contributed by atoms with Crippen LogP contribution in [0.15, 0.2) is 29.2 Å². The third-order valence-electron chi connectivity index (χ3n) is 4.13. The molecule has 0 radical (unpaired) electrons. The van der Waals surface area contributed by atoms with Crippen molar-refractivity contribution in [3.05, 3.63) is 29.8 Å². The Balaban J connectivity index is 2.27. The molecule has 1 saturated carbocycles. The summed E-state index contributed by atoms with van der Waals surface area (Å²) in [6, 6.07) is 6.66. The van der Waals surface area contributed by atoms with Crippen molar-refractivity contribution < 1.29 is 8.42 Å². The van der Waals surface area contributed by atoms with Gasteiger partial charge in [0.15, 0.2) is 0 Å². The zero-order chi connectivity index (χ0) is 15.5.